The van der Waals surface area contributed by atoms with Crippen LogP contribution in [0.5, 0.6) is 0 Å². The van der Waals surface area contributed by atoms with E-state index in [2.05, 4.69) is 0 Å². The van der Waals surface area contributed by atoms with Gasteiger partial charge in [-0.15, -0.1) is 11.3 Å². The van der Waals surface area contributed by atoms with Gasteiger partial charge in [-0.25, -0.2) is 4.79 Å². The molecule has 1 aromatic heterocycles. The Hall–Kier alpha value is -3.16. The molecule has 3 aromatic rings. The van der Waals surface area contributed by atoms with Gasteiger partial charge in [-0.2, -0.15) is 0 Å². The highest BCUT2D eigenvalue weighted by molar-refractivity contribution is 8.18. The van der Waals surface area contributed by atoms with Crippen LogP contribution in [0.3, 0.4) is 0 Å². The summed E-state index contributed by atoms with van der Waals surface area (Å²) in [6, 6.07) is 18.0. The van der Waals surface area contributed by atoms with E-state index in [0.29, 0.717) is 4.91 Å². The third kappa shape index (κ3) is 4.16. The summed E-state index contributed by atoms with van der Waals surface area (Å²) in [6.45, 7) is 0.251. The van der Waals surface area contributed by atoms with Crippen LogP contribution < -0.4 is 0 Å². The van der Waals surface area contributed by atoms with E-state index in [4.69, 9.17) is 5.11 Å². The van der Waals surface area contributed by atoms with Crippen molar-refractivity contribution in [2.24, 2.45) is 0 Å². The van der Waals surface area contributed by atoms with E-state index in [0.717, 1.165) is 33.3 Å². The van der Waals surface area contributed by atoms with Crippen molar-refractivity contribution in [3.8, 4) is 11.1 Å². The Morgan fingerprint density at radius 1 is 1.00 bits per heavy atom. The van der Waals surface area contributed by atoms with E-state index in [1.54, 1.807) is 24.3 Å². The summed E-state index contributed by atoms with van der Waals surface area (Å²) in [4.78, 5) is 38.6. The number of amides is 2. The number of imide groups is 1. The number of benzene rings is 2. The van der Waals surface area contributed by atoms with Gasteiger partial charge >= 0.3 is 5.97 Å². The molecule has 144 valence electrons. The van der Waals surface area contributed by atoms with Crippen LogP contribution in [-0.2, 0) is 11.3 Å². The van der Waals surface area contributed by atoms with Crippen LogP contribution in [0.15, 0.2) is 70.9 Å². The van der Waals surface area contributed by atoms with Gasteiger partial charge in [0.05, 0.1) is 17.0 Å². The molecule has 1 fully saturated rings. The normalized spacial score (nSPS) is 15.3. The molecule has 2 amide bonds. The maximum absolute atomic E-state index is 12.7. The number of rotatable bonds is 5. The zero-order valence-electron chi connectivity index (χ0n) is 15.1. The number of carboxylic acids is 1. The average Bonchev–Trinajstić information content (AvgIpc) is 3.29. The van der Waals surface area contributed by atoms with E-state index in [9.17, 15) is 14.4 Å². The number of aromatic carboxylic acids is 1. The molecule has 2 aromatic carbocycles. The SMILES string of the molecule is O=C(O)c1cccc(-c2csc(/C=C3\SC(=O)N(Cc4ccccc4)C3=O)c2)c1. The maximum atomic E-state index is 12.7. The number of carboxylic acid groups (broad SMARTS) is 1. The summed E-state index contributed by atoms with van der Waals surface area (Å²) < 4.78 is 0. The summed E-state index contributed by atoms with van der Waals surface area (Å²) in [5, 5.41) is 10.8. The van der Waals surface area contributed by atoms with Crippen molar-refractivity contribution in [1.82, 2.24) is 4.90 Å². The fourth-order valence-corrected chi connectivity index (χ4v) is 4.70. The van der Waals surface area contributed by atoms with Gasteiger partial charge in [0, 0.05) is 4.88 Å². The molecule has 1 aliphatic rings. The van der Waals surface area contributed by atoms with E-state index in [1.165, 1.54) is 16.2 Å². The lowest BCUT2D eigenvalue weighted by molar-refractivity contribution is -0.123. The molecule has 0 unspecified atom stereocenters. The molecule has 29 heavy (non-hydrogen) atoms. The quantitative estimate of drug-likeness (QED) is 0.562. The number of hydrogen-bond donors (Lipinski definition) is 1. The molecule has 0 bridgehead atoms. The minimum atomic E-state index is -0.977. The highest BCUT2D eigenvalue weighted by Gasteiger charge is 2.35. The van der Waals surface area contributed by atoms with Crippen LogP contribution in [-0.4, -0.2) is 27.1 Å². The molecular weight excluding hydrogens is 406 g/mol. The number of nitrogens with zero attached hydrogens (tertiary/aromatic N) is 1. The third-order valence-electron chi connectivity index (χ3n) is 4.39. The Morgan fingerprint density at radius 3 is 2.55 bits per heavy atom. The monoisotopic (exact) mass is 421 g/mol. The Morgan fingerprint density at radius 2 is 1.79 bits per heavy atom. The molecule has 0 aliphatic carbocycles. The van der Waals surface area contributed by atoms with Crippen LogP contribution in [0.25, 0.3) is 17.2 Å². The summed E-state index contributed by atoms with van der Waals surface area (Å²) in [6.07, 6.45) is 1.71. The minimum Gasteiger partial charge on any atom is -0.478 e. The van der Waals surface area contributed by atoms with Crippen molar-refractivity contribution in [1.29, 1.82) is 0 Å². The predicted octanol–water partition coefficient (Wildman–Crippen LogP) is 5.35. The summed E-state index contributed by atoms with van der Waals surface area (Å²) in [5.74, 6) is -1.28. The standard InChI is InChI=1S/C22H15NO4S2/c24-20-19(29-22(27)23(20)12-14-5-2-1-3-6-14)11-18-10-17(13-28-18)15-7-4-8-16(9-15)21(25)26/h1-11,13H,12H2,(H,25,26)/b19-11-. The third-order valence-corrected chi connectivity index (χ3v) is 6.18. The highest BCUT2D eigenvalue weighted by Crippen LogP contribution is 2.35. The minimum absolute atomic E-state index is 0.220. The van der Waals surface area contributed by atoms with Crippen LogP contribution in [0, 0.1) is 0 Å². The van der Waals surface area contributed by atoms with E-state index >= 15 is 0 Å². The fourth-order valence-electron chi connectivity index (χ4n) is 2.94. The van der Waals surface area contributed by atoms with Gasteiger partial charge in [0.25, 0.3) is 11.1 Å². The van der Waals surface area contributed by atoms with Crippen molar-refractivity contribution in [3.63, 3.8) is 0 Å². The second-order valence-corrected chi connectivity index (χ2v) is 8.31. The van der Waals surface area contributed by atoms with Crippen molar-refractivity contribution in [2.45, 2.75) is 6.54 Å². The highest BCUT2D eigenvalue weighted by atomic mass is 32.2. The molecule has 7 heteroatoms. The first-order valence-corrected chi connectivity index (χ1v) is 10.4. The van der Waals surface area contributed by atoms with Crippen LogP contribution in [0.2, 0.25) is 0 Å². The number of thiophene rings is 1. The second kappa shape index (κ2) is 8.06. The van der Waals surface area contributed by atoms with Crippen molar-refractivity contribution in [3.05, 3.63) is 87.0 Å². The number of thioether (sulfide) groups is 1. The Kier molecular flexibility index (Phi) is 5.33. The lowest BCUT2D eigenvalue weighted by Gasteiger charge is -2.11. The van der Waals surface area contributed by atoms with Crippen LogP contribution in [0.4, 0.5) is 4.79 Å². The summed E-state index contributed by atoms with van der Waals surface area (Å²) >= 11 is 2.37. The van der Waals surface area contributed by atoms with Gasteiger partial charge in [-0.05, 0) is 58.1 Å². The topological polar surface area (TPSA) is 74.7 Å². The predicted molar refractivity (Wildman–Crippen MR) is 115 cm³/mol. The van der Waals surface area contributed by atoms with Crippen molar-refractivity contribution >= 4 is 46.3 Å². The first-order valence-electron chi connectivity index (χ1n) is 8.73. The zero-order chi connectivity index (χ0) is 20.4. The van der Waals surface area contributed by atoms with E-state index < -0.39 is 5.97 Å². The smallest absolute Gasteiger partial charge is 0.335 e. The average molecular weight is 421 g/mol. The summed E-state index contributed by atoms with van der Waals surface area (Å²) in [7, 11) is 0. The molecule has 4 rings (SSSR count). The van der Waals surface area contributed by atoms with Crippen LogP contribution >= 0.6 is 23.1 Å². The number of carbonyl (C=O) groups is 3. The van der Waals surface area contributed by atoms with Crippen molar-refractivity contribution < 1.29 is 19.5 Å². The second-order valence-electron chi connectivity index (χ2n) is 6.38. The maximum Gasteiger partial charge on any atom is 0.335 e. The molecule has 2 heterocycles. The van der Waals surface area contributed by atoms with Gasteiger partial charge in [0.2, 0.25) is 0 Å². The molecule has 0 radical (unpaired) electrons. The van der Waals surface area contributed by atoms with Gasteiger partial charge in [-0.3, -0.25) is 14.5 Å². The molecule has 5 nitrogen and oxygen atoms in total. The first-order chi connectivity index (χ1) is 14.0. The van der Waals surface area contributed by atoms with Crippen LogP contribution in [0.1, 0.15) is 20.8 Å². The van der Waals surface area contributed by atoms with Gasteiger partial charge in [-0.1, -0.05) is 42.5 Å². The molecule has 0 spiro atoms. The Balaban J connectivity index is 1.55. The lowest BCUT2D eigenvalue weighted by atomic mass is 10.1. The van der Waals surface area contributed by atoms with Crippen molar-refractivity contribution in [2.75, 3.05) is 0 Å². The molecular formula is C22H15NO4S2. The molecule has 1 saturated heterocycles. The van der Waals surface area contributed by atoms with Gasteiger partial charge < -0.3 is 5.11 Å². The van der Waals surface area contributed by atoms with Gasteiger partial charge in [0.1, 0.15) is 0 Å². The fraction of sp³-hybridized carbons (Fsp3) is 0.0455. The number of hydrogen-bond acceptors (Lipinski definition) is 5. The molecule has 0 saturated carbocycles. The van der Waals surface area contributed by atoms with E-state index in [-0.39, 0.29) is 23.3 Å². The molecule has 0 atom stereocenters. The molecule has 1 N–H and O–H groups in total. The first kappa shape index (κ1) is 19.2. The lowest BCUT2D eigenvalue weighted by Crippen LogP contribution is -2.27. The number of carbonyl (C=O) groups excluding carboxylic acids is 2. The Labute approximate surface area is 175 Å². The van der Waals surface area contributed by atoms with E-state index in [1.807, 2.05) is 47.8 Å². The zero-order valence-corrected chi connectivity index (χ0v) is 16.7. The molecule has 1 aliphatic heterocycles. The largest absolute Gasteiger partial charge is 0.478 e. The summed E-state index contributed by atoms with van der Waals surface area (Å²) in [5.41, 5.74) is 2.77. The Bertz CT molecular complexity index is 1130. The van der Waals surface area contributed by atoms with Gasteiger partial charge in [0.15, 0.2) is 0 Å².